The number of benzene rings is 1. The molecule has 2 rings (SSSR count). The van der Waals surface area contributed by atoms with Gasteiger partial charge in [-0.2, -0.15) is 0 Å². The summed E-state index contributed by atoms with van der Waals surface area (Å²) in [6.07, 6.45) is 1.72. The predicted molar refractivity (Wildman–Crippen MR) is 85.6 cm³/mol. The Balaban J connectivity index is 1.74. The summed E-state index contributed by atoms with van der Waals surface area (Å²) in [4.78, 5) is 4.10. The van der Waals surface area contributed by atoms with Gasteiger partial charge in [0.25, 0.3) is 0 Å². The number of hydrogen-bond acceptors (Lipinski definition) is 5. The molecule has 0 saturated heterocycles. The van der Waals surface area contributed by atoms with Crippen LogP contribution in [0.3, 0.4) is 0 Å². The van der Waals surface area contributed by atoms with Gasteiger partial charge in [-0.05, 0) is 30.7 Å². The van der Waals surface area contributed by atoms with Gasteiger partial charge in [0.1, 0.15) is 6.61 Å². The van der Waals surface area contributed by atoms with Gasteiger partial charge in [0.05, 0.1) is 13.7 Å². The van der Waals surface area contributed by atoms with Gasteiger partial charge in [0.15, 0.2) is 11.5 Å². The predicted octanol–water partition coefficient (Wildman–Crippen LogP) is 2.66. The lowest BCUT2D eigenvalue weighted by Gasteiger charge is -2.11. The van der Waals surface area contributed by atoms with Crippen molar-refractivity contribution in [2.45, 2.75) is 13.5 Å². The average molecular weight is 302 g/mol. The summed E-state index contributed by atoms with van der Waals surface area (Å²) < 4.78 is 16.4. The van der Waals surface area contributed by atoms with Crippen molar-refractivity contribution in [2.24, 2.45) is 0 Å². The summed E-state index contributed by atoms with van der Waals surface area (Å²) in [5, 5.41) is 3.33. The Morgan fingerprint density at radius 1 is 1.09 bits per heavy atom. The van der Waals surface area contributed by atoms with E-state index in [0.717, 1.165) is 30.2 Å². The third-order valence-corrected chi connectivity index (χ3v) is 3.02. The first-order chi connectivity index (χ1) is 10.8. The lowest BCUT2D eigenvalue weighted by atomic mass is 10.2. The largest absolute Gasteiger partial charge is 0.493 e. The number of ether oxygens (including phenoxy) is 3. The number of pyridine rings is 1. The molecule has 0 aliphatic carbocycles. The molecular weight excluding hydrogens is 280 g/mol. The summed E-state index contributed by atoms with van der Waals surface area (Å²) in [7, 11) is 1.65. The van der Waals surface area contributed by atoms with E-state index in [9.17, 15) is 0 Å². The summed E-state index contributed by atoms with van der Waals surface area (Å²) >= 11 is 0. The van der Waals surface area contributed by atoms with Gasteiger partial charge in [0.2, 0.25) is 5.88 Å². The molecule has 0 bridgehead atoms. The van der Waals surface area contributed by atoms with Crippen LogP contribution in [0.1, 0.15) is 12.5 Å². The fourth-order valence-corrected chi connectivity index (χ4v) is 1.99. The second-order valence-electron chi connectivity index (χ2n) is 4.61. The summed E-state index contributed by atoms with van der Waals surface area (Å²) in [6.45, 7) is 4.64. The van der Waals surface area contributed by atoms with Crippen LogP contribution in [0.5, 0.6) is 17.4 Å². The van der Waals surface area contributed by atoms with E-state index in [1.54, 1.807) is 13.3 Å². The molecule has 1 N–H and O–H groups in total. The maximum atomic E-state index is 5.52. The van der Waals surface area contributed by atoms with Gasteiger partial charge in [-0.25, -0.2) is 4.98 Å². The molecule has 1 aromatic heterocycles. The zero-order chi connectivity index (χ0) is 15.6. The fraction of sp³-hybridized carbons (Fsp3) is 0.353. The summed E-state index contributed by atoms with van der Waals surface area (Å²) in [6, 6.07) is 11.6. The molecule has 0 saturated carbocycles. The number of nitrogens with one attached hydrogen (secondary N) is 1. The van der Waals surface area contributed by atoms with Gasteiger partial charge in [-0.15, -0.1) is 0 Å². The van der Waals surface area contributed by atoms with Crippen molar-refractivity contribution < 1.29 is 14.2 Å². The monoisotopic (exact) mass is 302 g/mol. The van der Waals surface area contributed by atoms with Crippen LogP contribution in [-0.2, 0) is 6.54 Å². The van der Waals surface area contributed by atoms with Crippen molar-refractivity contribution >= 4 is 0 Å². The first-order valence-electron chi connectivity index (χ1n) is 7.37. The lowest BCUT2D eigenvalue weighted by molar-refractivity contribution is 0.301. The minimum atomic E-state index is 0.575. The molecule has 1 aromatic carbocycles. The van der Waals surface area contributed by atoms with Crippen LogP contribution >= 0.6 is 0 Å². The maximum absolute atomic E-state index is 5.52. The third kappa shape index (κ3) is 4.93. The Kier molecular flexibility index (Phi) is 6.51. The Labute approximate surface area is 131 Å². The maximum Gasteiger partial charge on any atom is 0.213 e. The van der Waals surface area contributed by atoms with Crippen LogP contribution in [-0.4, -0.2) is 31.9 Å². The highest BCUT2D eigenvalue weighted by molar-refractivity contribution is 5.42. The molecule has 0 aliphatic rings. The highest BCUT2D eigenvalue weighted by Gasteiger charge is 2.05. The lowest BCUT2D eigenvalue weighted by Crippen LogP contribution is -2.20. The molecule has 0 atom stereocenters. The summed E-state index contributed by atoms with van der Waals surface area (Å²) in [5.41, 5.74) is 1.14. The number of nitrogens with zero attached hydrogens (tertiary/aromatic N) is 1. The molecule has 22 heavy (non-hydrogen) atoms. The molecule has 0 fully saturated rings. The van der Waals surface area contributed by atoms with E-state index >= 15 is 0 Å². The number of rotatable bonds is 9. The van der Waals surface area contributed by atoms with Crippen molar-refractivity contribution in [3.8, 4) is 17.4 Å². The minimum absolute atomic E-state index is 0.575. The van der Waals surface area contributed by atoms with Crippen LogP contribution in [0.2, 0.25) is 0 Å². The molecule has 2 aromatic rings. The van der Waals surface area contributed by atoms with E-state index in [4.69, 9.17) is 14.2 Å². The van der Waals surface area contributed by atoms with Crippen LogP contribution in [0.4, 0.5) is 0 Å². The van der Waals surface area contributed by atoms with Gasteiger partial charge in [0, 0.05) is 25.4 Å². The van der Waals surface area contributed by atoms with Gasteiger partial charge < -0.3 is 19.5 Å². The molecule has 118 valence electrons. The molecule has 0 amide bonds. The molecule has 0 radical (unpaired) electrons. The molecule has 5 nitrogen and oxygen atoms in total. The second-order valence-corrected chi connectivity index (χ2v) is 4.61. The highest BCUT2D eigenvalue weighted by atomic mass is 16.5. The number of methoxy groups -OCH3 is 1. The first-order valence-corrected chi connectivity index (χ1v) is 7.37. The standard InChI is InChI=1S/C17H22N2O3/c1-3-21-15-8-7-14(12-16(15)20-2)13-18-10-11-22-17-6-4-5-9-19-17/h4-9,12,18H,3,10-11,13H2,1-2H3. The zero-order valence-corrected chi connectivity index (χ0v) is 13.0. The van der Waals surface area contributed by atoms with Gasteiger partial charge in [-0.3, -0.25) is 0 Å². The van der Waals surface area contributed by atoms with Gasteiger partial charge in [-0.1, -0.05) is 12.1 Å². The van der Waals surface area contributed by atoms with E-state index in [0.29, 0.717) is 19.1 Å². The van der Waals surface area contributed by atoms with Crippen LogP contribution in [0.25, 0.3) is 0 Å². The van der Waals surface area contributed by atoms with E-state index in [2.05, 4.69) is 10.3 Å². The van der Waals surface area contributed by atoms with Crippen LogP contribution in [0, 0.1) is 0 Å². The second kappa shape index (κ2) is 8.89. The van der Waals surface area contributed by atoms with E-state index < -0.39 is 0 Å². The van der Waals surface area contributed by atoms with Crippen molar-refractivity contribution in [1.82, 2.24) is 10.3 Å². The third-order valence-electron chi connectivity index (χ3n) is 3.02. The molecule has 0 spiro atoms. The number of hydrogen-bond donors (Lipinski definition) is 1. The van der Waals surface area contributed by atoms with Crippen molar-refractivity contribution in [3.63, 3.8) is 0 Å². The minimum Gasteiger partial charge on any atom is -0.493 e. The fourth-order valence-electron chi connectivity index (χ4n) is 1.99. The molecule has 0 unspecified atom stereocenters. The Hall–Kier alpha value is -2.27. The quantitative estimate of drug-likeness (QED) is 0.722. The smallest absolute Gasteiger partial charge is 0.213 e. The zero-order valence-electron chi connectivity index (χ0n) is 13.0. The van der Waals surface area contributed by atoms with Gasteiger partial charge >= 0.3 is 0 Å². The molecule has 0 aliphatic heterocycles. The number of aromatic nitrogens is 1. The average Bonchev–Trinajstić information content (AvgIpc) is 2.57. The van der Waals surface area contributed by atoms with E-state index in [-0.39, 0.29) is 0 Å². The summed E-state index contributed by atoms with van der Waals surface area (Å²) in [5.74, 6) is 2.17. The van der Waals surface area contributed by atoms with Crippen molar-refractivity contribution in [2.75, 3.05) is 26.9 Å². The Bertz CT molecular complexity index is 561. The van der Waals surface area contributed by atoms with Crippen molar-refractivity contribution in [1.29, 1.82) is 0 Å². The molecule has 5 heteroatoms. The normalized spacial score (nSPS) is 10.3. The molecule has 1 heterocycles. The highest BCUT2D eigenvalue weighted by Crippen LogP contribution is 2.27. The van der Waals surface area contributed by atoms with Crippen LogP contribution in [0.15, 0.2) is 42.6 Å². The Morgan fingerprint density at radius 2 is 2.00 bits per heavy atom. The topological polar surface area (TPSA) is 52.6 Å². The SMILES string of the molecule is CCOc1ccc(CNCCOc2ccccn2)cc1OC. The Morgan fingerprint density at radius 3 is 2.73 bits per heavy atom. The first kappa shape index (κ1) is 16.1. The van der Waals surface area contributed by atoms with E-state index in [1.807, 2.05) is 43.3 Å². The van der Waals surface area contributed by atoms with Crippen molar-refractivity contribution in [3.05, 3.63) is 48.2 Å². The van der Waals surface area contributed by atoms with Crippen LogP contribution < -0.4 is 19.5 Å². The molecular formula is C17H22N2O3. The van der Waals surface area contributed by atoms with E-state index in [1.165, 1.54) is 0 Å².